The first kappa shape index (κ1) is 20.4. The Morgan fingerprint density at radius 3 is 2.50 bits per heavy atom. The van der Waals surface area contributed by atoms with Gasteiger partial charge in [0.05, 0.1) is 11.5 Å². The van der Waals surface area contributed by atoms with Gasteiger partial charge in [-0.25, -0.2) is 4.39 Å². The average Bonchev–Trinajstić information content (AvgIpc) is 3.11. The first-order chi connectivity index (χ1) is 13.6. The molecule has 2 amide bonds. The van der Waals surface area contributed by atoms with Crippen molar-refractivity contribution in [1.82, 2.24) is 10.2 Å². The summed E-state index contributed by atoms with van der Waals surface area (Å²) in [5.41, 5.74) is 1.82. The number of nitrogens with one attached hydrogen (secondary N) is 2. The molecular formula is C21H24FN3O2S. The lowest BCUT2D eigenvalue weighted by atomic mass is 10.2. The van der Waals surface area contributed by atoms with E-state index in [0.29, 0.717) is 5.69 Å². The Morgan fingerprint density at radius 2 is 1.75 bits per heavy atom. The molecule has 0 spiro atoms. The van der Waals surface area contributed by atoms with Crippen molar-refractivity contribution < 1.29 is 14.0 Å². The summed E-state index contributed by atoms with van der Waals surface area (Å²) in [4.78, 5) is 26.3. The lowest BCUT2D eigenvalue weighted by Gasteiger charge is -2.16. The fourth-order valence-corrected chi connectivity index (χ4v) is 3.80. The summed E-state index contributed by atoms with van der Waals surface area (Å²) in [6.45, 7) is 2.70. The van der Waals surface area contributed by atoms with Gasteiger partial charge in [-0.15, -0.1) is 11.8 Å². The highest BCUT2D eigenvalue weighted by Gasteiger charge is 2.23. The van der Waals surface area contributed by atoms with Crippen molar-refractivity contribution in [2.24, 2.45) is 0 Å². The van der Waals surface area contributed by atoms with Gasteiger partial charge in [0.25, 0.3) is 0 Å². The van der Waals surface area contributed by atoms with Gasteiger partial charge in [-0.05, 0) is 36.2 Å². The predicted octanol–water partition coefficient (Wildman–Crippen LogP) is 2.89. The largest absolute Gasteiger partial charge is 0.351 e. The third-order valence-electron chi connectivity index (χ3n) is 4.48. The molecule has 0 saturated carbocycles. The molecule has 1 aliphatic heterocycles. The maximum absolute atomic E-state index is 12.9. The van der Waals surface area contributed by atoms with E-state index in [9.17, 15) is 14.0 Å². The molecule has 1 aliphatic rings. The predicted molar refractivity (Wildman–Crippen MR) is 111 cm³/mol. The smallest absolute Gasteiger partial charge is 0.234 e. The Balaban J connectivity index is 1.31. The molecule has 1 atom stereocenters. The van der Waals surface area contributed by atoms with Crippen molar-refractivity contribution in [1.29, 1.82) is 0 Å². The summed E-state index contributed by atoms with van der Waals surface area (Å²) >= 11 is 1.27. The van der Waals surface area contributed by atoms with Crippen LogP contribution in [-0.4, -0.2) is 47.4 Å². The summed E-state index contributed by atoms with van der Waals surface area (Å²) in [6, 6.07) is 16.1. The maximum atomic E-state index is 12.9. The zero-order valence-electron chi connectivity index (χ0n) is 15.6. The van der Waals surface area contributed by atoms with E-state index in [1.54, 1.807) is 0 Å². The third kappa shape index (κ3) is 6.65. The number of thioether (sulfide) groups is 1. The molecule has 2 aromatic carbocycles. The van der Waals surface area contributed by atoms with Crippen LogP contribution in [0.15, 0.2) is 54.6 Å². The lowest BCUT2D eigenvalue weighted by Crippen LogP contribution is -2.38. The van der Waals surface area contributed by atoms with Gasteiger partial charge in [0, 0.05) is 31.4 Å². The second kappa shape index (κ2) is 10.2. The number of benzene rings is 2. The van der Waals surface area contributed by atoms with E-state index >= 15 is 0 Å². The van der Waals surface area contributed by atoms with Gasteiger partial charge in [-0.1, -0.05) is 30.3 Å². The van der Waals surface area contributed by atoms with E-state index in [1.807, 2.05) is 18.2 Å². The van der Waals surface area contributed by atoms with Crippen molar-refractivity contribution in [3.63, 3.8) is 0 Å². The molecule has 5 nitrogen and oxygen atoms in total. The SMILES string of the molecule is O=C(CSCC(=O)NC1CCN(Cc2ccccc2)C1)Nc1ccc(F)cc1. The fourth-order valence-electron chi connectivity index (χ4n) is 3.17. The Labute approximate surface area is 168 Å². The number of anilines is 1. The zero-order valence-corrected chi connectivity index (χ0v) is 16.4. The van der Waals surface area contributed by atoms with E-state index in [2.05, 4.69) is 27.7 Å². The minimum absolute atomic E-state index is 0.0499. The Morgan fingerprint density at radius 1 is 1.04 bits per heavy atom. The summed E-state index contributed by atoms with van der Waals surface area (Å²) in [5.74, 6) is -0.189. The third-order valence-corrected chi connectivity index (χ3v) is 5.41. The maximum Gasteiger partial charge on any atom is 0.234 e. The number of nitrogens with zero attached hydrogens (tertiary/aromatic N) is 1. The van der Waals surface area contributed by atoms with E-state index in [-0.39, 0.29) is 35.2 Å². The van der Waals surface area contributed by atoms with Crippen molar-refractivity contribution >= 4 is 29.3 Å². The van der Waals surface area contributed by atoms with Crippen molar-refractivity contribution in [2.45, 2.75) is 19.0 Å². The monoisotopic (exact) mass is 401 g/mol. The van der Waals surface area contributed by atoms with Crippen LogP contribution in [0, 0.1) is 5.82 Å². The molecule has 2 aromatic rings. The Bertz CT molecular complexity index is 786. The highest BCUT2D eigenvalue weighted by atomic mass is 32.2. The molecule has 0 radical (unpaired) electrons. The van der Waals surface area contributed by atoms with Crippen LogP contribution >= 0.6 is 11.8 Å². The summed E-state index contributed by atoms with van der Waals surface area (Å²) in [7, 11) is 0. The standard InChI is InChI=1S/C21H24FN3O2S/c22-17-6-8-18(9-7-17)23-20(26)14-28-15-21(27)24-19-10-11-25(13-19)12-16-4-2-1-3-5-16/h1-9,19H,10-15H2,(H,23,26)(H,24,27). The molecule has 7 heteroatoms. The molecule has 2 N–H and O–H groups in total. The molecule has 0 bridgehead atoms. The minimum atomic E-state index is -0.349. The quantitative estimate of drug-likeness (QED) is 0.714. The second-order valence-corrected chi connectivity index (χ2v) is 7.81. The molecule has 0 aliphatic carbocycles. The topological polar surface area (TPSA) is 61.4 Å². The molecule has 148 valence electrons. The number of carbonyl (C=O) groups is 2. The summed E-state index contributed by atoms with van der Waals surface area (Å²) in [6.07, 6.45) is 0.939. The van der Waals surface area contributed by atoms with Crippen LogP contribution in [0.1, 0.15) is 12.0 Å². The molecule has 1 fully saturated rings. The van der Waals surface area contributed by atoms with E-state index < -0.39 is 0 Å². The van der Waals surface area contributed by atoms with Crippen molar-refractivity contribution in [3.8, 4) is 0 Å². The van der Waals surface area contributed by atoms with Gasteiger partial charge < -0.3 is 10.6 Å². The van der Waals surface area contributed by atoms with Crippen LogP contribution in [0.25, 0.3) is 0 Å². The number of likely N-dealkylation sites (tertiary alicyclic amines) is 1. The van der Waals surface area contributed by atoms with Gasteiger partial charge in [0.1, 0.15) is 5.82 Å². The number of hydrogen-bond acceptors (Lipinski definition) is 4. The fraction of sp³-hybridized carbons (Fsp3) is 0.333. The molecule has 1 unspecified atom stereocenters. The minimum Gasteiger partial charge on any atom is -0.351 e. The number of amides is 2. The molecule has 1 saturated heterocycles. The number of carbonyl (C=O) groups excluding carboxylic acids is 2. The van der Waals surface area contributed by atoms with Gasteiger partial charge >= 0.3 is 0 Å². The highest BCUT2D eigenvalue weighted by Crippen LogP contribution is 2.14. The van der Waals surface area contributed by atoms with Crippen LogP contribution in [-0.2, 0) is 16.1 Å². The first-order valence-corrected chi connectivity index (χ1v) is 10.4. The van der Waals surface area contributed by atoms with Crippen LogP contribution in [0.2, 0.25) is 0 Å². The van der Waals surface area contributed by atoms with E-state index in [4.69, 9.17) is 0 Å². The lowest BCUT2D eigenvalue weighted by molar-refractivity contribution is -0.119. The normalized spacial score (nSPS) is 16.7. The Hall–Kier alpha value is -2.38. The summed E-state index contributed by atoms with van der Waals surface area (Å²) in [5, 5.41) is 5.73. The van der Waals surface area contributed by atoms with Crippen LogP contribution in [0.3, 0.4) is 0 Å². The summed E-state index contributed by atoms with van der Waals surface area (Å²) < 4.78 is 12.9. The van der Waals surface area contributed by atoms with E-state index in [1.165, 1.54) is 41.6 Å². The molecule has 0 aromatic heterocycles. The van der Waals surface area contributed by atoms with Crippen molar-refractivity contribution in [3.05, 3.63) is 66.0 Å². The second-order valence-electron chi connectivity index (χ2n) is 6.82. The number of halogens is 1. The van der Waals surface area contributed by atoms with Gasteiger partial charge in [-0.3, -0.25) is 14.5 Å². The van der Waals surface area contributed by atoms with Crippen LogP contribution < -0.4 is 10.6 Å². The molecular weight excluding hydrogens is 377 g/mol. The van der Waals surface area contributed by atoms with Gasteiger partial charge in [0.2, 0.25) is 11.8 Å². The number of hydrogen-bond donors (Lipinski definition) is 2. The number of rotatable bonds is 8. The van der Waals surface area contributed by atoms with Crippen LogP contribution in [0.4, 0.5) is 10.1 Å². The first-order valence-electron chi connectivity index (χ1n) is 9.27. The van der Waals surface area contributed by atoms with E-state index in [0.717, 1.165) is 26.1 Å². The van der Waals surface area contributed by atoms with Gasteiger partial charge in [0.15, 0.2) is 0 Å². The highest BCUT2D eigenvalue weighted by molar-refractivity contribution is 8.00. The molecule has 1 heterocycles. The van der Waals surface area contributed by atoms with Gasteiger partial charge in [-0.2, -0.15) is 0 Å². The van der Waals surface area contributed by atoms with Crippen LogP contribution in [0.5, 0.6) is 0 Å². The zero-order chi connectivity index (χ0) is 19.8. The van der Waals surface area contributed by atoms with Crippen molar-refractivity contribution in [2.75, 3.05) is 29.9 Å². The molecule has 28 heavy (non-hydrogen) atoms. The Kier molecular flexibility index (Phi) is 7.45. The molecule has 3 rings (SSSR count). The average molecular weight is 402 g/mol.